The van der Waals surface area contributed by atoms with Gasteiger partial charge in [0.05, 0.1) is 5.56 Å². The number of benzene rings is 2. The van der Waals surface area contributed by atoms with Crippen molar-refractivity contribution in [3.8, 4) is 5.69 Å². The number of hydrogen-bond donors (Lipinski definition) is 2. The second-order valence-electron chi connectivity index (χ2n) is 6.59. The number of carbonyl (C=O) groups excluding carboxylic acids is 3. The van der Waals surface area contributed by atoms with Crippen LogP contribution in [0, 0.1) is 13.8 Å². The van der Waals surface area contributed by atoms with Crippen molar-refractivity contribution >= 4 is 29.4 Å². The number of halogens is 1. The molecule has 1 heterocycles. The van der Waals surface area contributed by atoms with Crippen LogP contribution in [0.4, 0.5) is 0 Å². The zero-order valence-electron chi connectivity index (χ0n) is 16.4. The first-order valence-electron chi connectivity index (χ1n) is 9.12. The lowest BCUT2D eigenvalue weighted by molar-refractivity contribution is -0.125. The maximum atomic E-state index is 12.3. The van der Waals surface area contributed by atoms with Crippen LogP contribution in [0.25, 0.3) is 5.69 Å². The number of rotatable bonds is 5. The Bertz CT molecular complexity index is 1070. The molecule has 7 nitrogen and oxygen atoms in total. The molecule has 1 aromatic heterocycles. The van der Waals surface area contributed by atoms with Gasteiger partial charge in [-0.1, -0.05) is 17.7 Å². The molecule has 0 saturated carbocycles. The molecule has 0 radical (unpaired) electrons. The van der Waals surface area contributed by atoms with Crippen molar-refractivity contribution in [1.82, 2.24) is 15.4 Å². The van der Waals surface area contributed by atoms with Crippen LogP contribution in [-0.2, 0) is 9.53 Å². The van der Waals surface area contributed by atoms with E-state index in [9.17, 15) is 14.4 Å². The highest BCUT2D eigenvalue weighted by atomic mass is 35.5. The summed E-state index contributed by atoms with van der Waals surface area (Å²) in [4.78, 5) is 36.2. The minimum atomic E-state index is -0.668. The van der Waals surface area contributed by atoms with Crippen molar-refractivity contribution in [2.24, 2.45) is 0 Å². The summed E-state index contributed by atoms with van der Waals surface area (Å²) in [5.41, 5.74) is 7.98. The predicted octanol–water partition coefficient (Wildman–Crippen LogP) is 3.37. The highest BCUT2D eigenvalue weighted by Gasteiger charge is 2.13. The molecule has 0 atom stereocenters. The Labute approximate surface area is 178 Å². The van der Waals surface area contributed by atoms with Crippen molar-refractivity contribution in [1.29, 1.82) is 0 Å². The average Bonchev–Trinajstić information content (AvgIpc) is 3.08. The van der Waals surface area contributed by atoms with E-state index >= 15 is 0 Å². The second-order valence-corrected chi connectivity index (χ2v) is 7.02. The van der Waals surface area contributed by atoms with Gasteiger partial charge in [0.25, 0.3) is 11.8 Å². The smallest absolute Gasteiger partial charge is 0.338 e. The first kappa shape index (κ1) is 21.1. The average molecular weight is 426 g/mol. The van der Waals surface area contributed by atoms with E-state index in [0.717, 1.165) is 17.1 Å². The molecule has 0 bridgehead atoms. The van der Waals surface area contributed by atoms with E-state index in [1.165, 1.54) is 12.1 Å². The quantitative estimate of drug-likeness (QED) is 0.484. The zero-order chi connectivity index (χ0) is 21.7. The third kappa shape index (κ3) is 5.07. The lowest BCUT2D eigenvalue weighted by atomic mass is 10.2. The Balaban J connectivity index is 1.54. The summed E-state index contributed by atoms with van der Waals surface area (Å²) >= 11 is 5.77. The highest BCUT2D eigenvalue weighted by Crippen LogP contribution is 2.18. The van der Waals surface area contributed by atoms with E-state index in [1.54, 1.807) is 30.3 Å². The standard InChI is InChI=1S/C22H20ClN3O4/c1-14-6-7-15(2)26(14)19-5-3-4-17(12-19)22(29)30-13-20(27)24-25-21(28)16-8-10-18(23)11-9-16/h3-12H,13H2,1-2H3,(H,24,27)(H,25,28). The summed E-state index contributed by atoms with van der Waals surface area (Å²) in [7, 11) is 0. The van der Waals surface area contributed by atoms with Gasteiger partial charge < -0.3 is 9.30 Å². The summed E-state index contributed by atoms with van der Waals surface area (Å²) < 4.78 is 7.06. The van der Waals surface area contributed by atoms with E-state index in [4.69, 9.17) is 16.3 Å². The summed E-state index contributed by atoms with van der Waals surface area (Å²) in [6.45, 7) is 3.41. The van der Waals surface area contributed by atoms with Gasteiger partial charge in [0.15, 0.2) is 6.61 Å². The largest absolute Gasteiger partial charge is 0.452 e. The first-order chi connectivity index (χ1) is 14.3. The minimum absolute atomic E-state index is 0.318. The number of aryl methyl sites for hydroxylation is 2. The predicted molar refractivity (Wildman–Crippen MR) is 113 cm³/mol. The van der Waals surface area contributed by atoms with E-state index in [0.29, 0.717) is 16.1 Å². The van der Waals surface area contributed by atoms with Gasteiger partial charge in [0.2, 0.25) is 0 Å². The SMILES string of the molecule is Cc1ccc(C)n1-c1cccc(C(=O)OCC(=O)NNC(=O)c2ccc(Cl)cc2)c1. The Kier molecular flexibility index (Phi) is 6.54. The zero-order valence-corrected chi connectivity index (χ0v) is 17.2. The number of hydrazine groups is 1. The number of ether oxygens (including phenoxy) is 1. The van der Waals surface area contributed by atoms with Gasteiger partial charge in [-0.15, -0.1) is 0 Å². The van der Waals surface area contributed by atoms with Crippen LogP contribution in [0.5, 0.6) is 0 Å². The molecule has 154 valence electrons. The Morgan fingerprint density at radius 3 is 2.23 bits per heavy atom. The Hall–Kier alpha value is -3.58. The van der Waals surface area contributed by atoms with Gasteiger partial charge in [-0.25, -0.2) is 4.79 Å². The summed E-state index contributed by atoms with van der Waals surface area (Å²) in [6.07, 6.45) is 0. The maximum Gasteiger partial charge on any atom is 0.338 e. The molecule has 0 aliphatic heterocycles. The van der Waals surface area contributed by atoms with Crippen molar-refractivity contribution in [2.45, 2.75) is 13.8 Å². The molecule has 0 fully saturated rings. The molecule has 2 amide bonds. The molecule has 0 unspecified atom stereocenters. The van der Waals surface area contributed by atoms with Gasteiger partial charge >= 0.3 is 5.97 Å². The molecule has 30 heavy (non-hydrogen) atoms. The van der Waals surface area contributed by atoms with Crippen LogP contribution < -0.4 is 10.9 Å². The molecule has 3 rings (SSSR count). The van der Waals surface area contributed by atoms with Gasteiger partial charge in [-0.3, -0.25) is 20.4 Å². The molecule has 0 aliphatic carbocycles. The van der Waals surface area contributed by atoms with Crippen molar-refractivity contribution in [3.63, 3.8) is 0 Å². The van der Waals surface area contributed by atoms with E-state index < -0.39 is 24.4 Å². The Morgan fingerprint density at radius 2 is 1.57 bits per heavy atom. The van der Waals surface area contributed by atoms with Gasteiger partial charge in [0.1, 0.15) is 0 Å². The van der Waals surface area contributed by atoms with E-state index in [1.807, 2.05) is 36.6 Å². The molecule has 0 spiro atoms. The van der Waals surface area contributed by atoms with Crippen LogP contribution in [-0.4, -0.2) is 29.0 Å². The topological polar surface area (TPSA) is 89.4 Å². The number of amides is 2. The molecule has 2 N–H and O–H groups in total. The molecule has 8 heteroatoms. The fourth-order valence-electron chi connectivity index (χ4n) is 2.90. The summed E-state index contributed by atoms with van der Waals surface area (Å²) in [6, 6.07) is 17.1. The van der Waals surface area contributed by atoms with Crippen LogP contribution >= 0.6 is 11.6 Å². The second kappa shape index (κ2) is 9.28. The third-order valence-corrected chi connectivity index (χ3v) is 4.62. The number of carbonyl (C=O) groups is 3. The molecular formula is C22H20ClN3O4. The number of nitrogens with one attached hydrogen (secondary N) is 2. The fourth-order valence-corrected chi connectivity index (χ4v) is 3.02. The lowest BCUT2D eigenvalue weighted by Crippen LogP contribution is -2.43. The van der Waals surface area contributed by atoms with Gasteiger partial charge in [-0.05, 0) is 68.4 Å². The maximum absolute atomic E-state index is 12.3. The third-order valence-electron chi connectivity index (χ3n) is 4.37. The number of nitrogens with zero attached hydrogens (tertiary/aromatic N) is 1. The summed E-state index contributed by atoms with van der Waals surface area (Å²) in [5, 5.41) is 0.494. The molecule has 0 aliphatic rings. The van der Waals surface area contributed by atoms with Crippen molar-refractivity contribution < 1.29 is 19.1 Å². The molecule has 3 aromatic rings. The monoisotopic (exact) mass is 425 g/mol. The molecular weight excluding hydrogens is 406 g/mol. The minimum Gasteiger partial charge on any atom is -0.452 e. The van der Waals surface area contributed by atoms with Crippen LogP contribution in [0.1, 0.15) is 32.1 Å². The van der Waals surface area contributed by atoms with Crippen LogP contribution in [0.3, 0.4) is 0 Å². The van der Waals surface area contributed by atoms with E-state index in [-0.39, 0.29) is 0 Å². The fraction of sp³-hybridized carbons (Fsp3) is 0.136. The first-order valence-corrected chi connectivity index (χ1v) is 9.50. The highest BCUT2D eigenvalue weighted by molar-refractivity contribution is 6.30. The molecule has 0 saturated heterocycles. The van der Waals surface area contributed by atoms with Crippen LogP contribution in [0.2, 0.25) is 5.02 Å². The lowest BCUT2D eigenvalue weighted by Gasteiger charge is -2.11. The van der Waals surface area contributed by atoms with Gasteiger partial charge in [0, 0.05) is 27.7 Å². The number of aromatic nitrogens is 1. The Morgan fingerprint density at radius 1 is 0.900 bits per heavy atom. The van der Waals surface area contributed by atoms with Crippen molar-refractivity contribution in [3.05, 3.63) is 88.2 Å². The van der Waals surface area contributed by atoms with Crippen molar-refractivity contribution in [2.75, 3.05) is 6.61 Å². The van der Waals surface area contributed by atoms with Gasteiger partial charge in [-0.2, -0.15) is 0 Å². The van der Waals surface area contributed by atoms with Crippen LogP contribution in [0.15, 0.2) is 60.7 Å². The number of hydrogen-bond acceptors (Lipinski definition) is 4. The molecule has 2 aromatic carbocycles. The summed E-state index contributed by atoms with van der Waals surface area (Å²) in [5.74, 6) is -1.83. The van der Waals surface area contributed by atoms with E-state index in [2.05, 4.69) is 10.9 Å². The number of esters is 1. The normalized spacial score (nSPS) is 10.4.